The summed E-state index contributed by atoms with van der Waals surface area (Å²) in [6.07, 6.45) is 0. The largest absolute Gasteiger partial charge is 0.0941 e. The molecule has 0 radical (unpaired) electrons. The van der Waals surface area contributed by atoms with Gasteiger partial charge in [-0.15, -0.1) is 0 Å². The van der Waals surface area contributed by atoms with Crippen LogP contribution in [0.1, 0.15) is 102 Å². The Hall–Kier alpha value is 1.62. The van der Waals surface area contributed by atoms with E-state index in [1.165, 1.54) is 100 Å². The minimum Gasteiger partial charge on any atom is -0.0941 e. The summed E-state index contributed by atoms with van der Waals surface area (Å²) in [7, 11) is 36.0. The molecule has 73 heavy (non-hydrogen) atoms. The zero-order valence-electron chi connectivity index (χ0n) is 40.5. The molecule has 11 rings (SSSR count). The summed E-state index contributed by atoms with van der Waals surface area (Å²) >= 11 is 0. The summed E-state index contributed by atoms with van der Waals surface area (Å²) in [5.74, 6) is 19.2. The van der Waals surface area contributed by atoms with Crippen LogP contribution in [0.15, 0.2) is 115 Å². The molecule has 6 aromatic carbocycles. The van der Waals surface area contributed by atoms with Crippen LogP contribution >= 0.6 is 194 Å². The predicted octanol–water partition coefficient (Wildman–Crippen LogP) is 23.2. The highest BCUT2D eigenvalue weighted by molar-refractivity contribution is 8.78. The lowest BCUT2D eigenvalue weighted by Gasteiger charge is -2.11. The van der Waals surface area contributed by atoms with Crippen molar-refractivity contribution in [3.8, 4) is 0 Å². The van der Waals surface area contributed by atoms with Gasteiger partial charge in [-0.3, -0.25) is 0 Å². The van der Waals surface area contributed by atoms with E-state index in [2.05, 4.69) is 122 Å². The van der Waals surface area contributed by atoms with E-state index < -0.39 is 0 Å². The van der Waals surface area contributed by atoms with Gasteiger partial charge in [-0.25, -0.2) is 0 Å². The van der Waals surface area contributed by atoms with Gasteiger partial charge < -0.3 is 0 Å². The van der Waals surface area contributed by atoms with Crippen LogP contribution in [0.25, 0.3) is 0 Å². The molecule has 16 bridgehead atoms. The molecule has 0 amide bonds. The fraction of sp³-hybridized carbons (Fsp3) is 0.345. The lowest BCUT2D eigenvalue weighted by molar-refractivity contribution is 1.27. The first-order chi connectivity index (χ1) is 36.0. The topological polar surface area (TPSA) is 0 Å². The second-order valence-corrected chi connectivity index (χ2v) is 39.9. The van der Waals surface area contributed by atoms with Crippen molar-refractivity contribution in [2.45, 2.75) is 105 Å². The molecule has 6 aromatic rings. The van der Waals surface area contributed by atoms with Crippen molar-refractivity contribution < 1.29 is 0 Å². The van der Waals surface area contributed by atoms with Gasteiger partial charge in [0.15, 0.2) is 0 Å². The van der Waals surface area contributed by atoms with Crippen LogP contribution in [0.3, 0.4) is 0 Å². The summed E-state index contributed by atoms with van der Waals surface area (Å²) in [5, 5.41) is 0. The van der Waals surface area contributed by atoms with Crippen molar-refractivity contribution in [1.82, 2.24) is 0 Å². The van der Waals surface area contributed by atoms with Gasteiger partial charge in [-0.1, -0.05) is 316 Å². The van der Waals surface area contributed by atoms with E-state index in [0.717, 1.165) is 97.8 Å². The number of hydrogen-bond acceptors (Lipinski definition) is 18. The minimum atomic E-state index is 1.05. The first kappa shape index (κ1) is 59.2. The van der Waals surface area contributed by atoms with Crippen LogP contribution in [0.4, 0.5) is 0 Å². The highest BCUT2D eigenvalue weighted by Crippen LogP contribution is 2.41. The molecule has 0 aromatic heterocycles. The fourth-order valence-corrected chi connectivity index (χ4v) is 26.7. The minimum absolute atomic E-state index is 1.05. The molecule has 0 nitrogen and oxygen atoms in total. The normalized spacial score (nSPS) is 17.5. The van der Waals surface area contributed by atoms with Crippen LogP contribution < -0.4 is 0 Å². The molecule has 386 valence electrons. The number of benzene rings is 6. The second-order valence-electron chi connectivity index (χ2n) is 17.5. The Balaban J connectivity index is 0.000000221. The molecule has 18 heteroatoms. The summed E-state index contributed by atoms with van der Waals surface area (Å²) in [6, 6.07) is 45.9. The molecular weight excluding hydrogens is 1240 g/mol. The molecule has 0 unspecified atom stereocenters. The van der Waals surface area contributed by atoms with Crippen LogP contribution in [0, 0.1) is 0 Å². The van der Waals surface area contributed by atoms with Gasteiger partial charge in [0.1, 0.15) is 0 Å². The van der Waals surface area contributed by atoms with Crippen LogP contribution in [-0.2, 0) is 97.8 Å². The SMILES string of the molecule is CCSSCc1cc2cc(c1)CSSCc1cccc(c1)CSSC2.c1c2cc3cc1CSSCc1cc4cc(c1)CSSCc1cc(cc(c1)CSSCc1cc(cc(c1)CSSC4)CSSC2)CSSC3. The smallest absolute Gasteiger partial charge is 0.0289 e. The number of hydrogen-bond donors (Lipinski definition) is 0. The summed E-state index contributed by atoms with van der Waals surface area (Å²) < 4.78 is 0. The first-order valence-electron chi connectivity index (χ1n) is 23.9. The average molecular weight is 1300 g/mol. The van der Waals surface area contributed by atoms with Gasteiger partial charge >= 0.3 is 0 Å². The molecular formula is C55H58S18. The van der Waals surface area contributed by atoms with E-state index in [9.17, 15) is 0 Å². The van der Waals surface area contributed by atoms with E-state index in [4.69, 9.17) is 0 Å². The van der Waals surface area contributed by atoms with E-state index >= 15 is 0 Å². The van der Waals surface area contributed by atoms with Gasteiger partial charge in [0, 0.05) is 104 Å². The maximum absolute atomic E-state index is 2.47. The molecule has 5 aliphatic heterocycles. The molecule has 0 saturated heterocycles. The second kappa shape index (κ2) is 33.5. The van der Waals surface area contributed by atoms with Gasteiger partial charge in [0.2, 0.25) is 0 Å². The van der Waals surface area contributed by atoms with Gasteiger partial charge in [0.05, 0.1) is 0 Å². The predicted molar refractivity (Wildman–Crippen MR) is 369 cm³/mol. The zero-order chi connectivity index (χ0) is 49.7. The van der Waals surface area contributed by atoms with Crippen molar-refractivity contribution >= 4 is 194 Å². The molecule has 0 aliphatic carbocycles. The van der Waals surface area contributed by atoms with Crippen molar-refractivity contribution in [2.75, 3.05) is 5.75 Å². The van der Waals surface area contributed by atoms with Crippen LogP contribution in [-0.4, -0.2) is 5.75 Å². The van der Waals surface area contributed by atoms with Crippen molar-refractivity contribution in [2.24, 2.45) is 0 Å². The first-order valence-corrected chi connectivity index (χ1v) is 46.3. The molecule has 5 aliphatic rings. The van der Waals surface area contributed by atoms with E-state index in [0.29, 0.717) is 0 Å². The molecule has 0 atom stereocenters. The van der Waals surface area contributed by atoms with Gasteiger partial charge in [-0.2, -0.15) is 0 Å². The summed E-state index contributed by atoms with van der Waals surface area (Å²) in [6.45, 7) is 2.22. The molecule has 5 heterocycles. The lowest BCUT2D eigenvalue weighted by atomic mass is 10.1. The third-order valence-corrected chi connectivity index (χ3v) is 31.9. The Kier molecular flexibility index (Phi) is 27.2. The Morgan fingerprint density at radius 2 is 0.425 bits per heavy atom. The van der Waals surface area contributed by atoms with Crippen LogP contribution in [0.5, 0.6) is 0 Å². The molecule has 0 spiro atoms. The lowest BCUT2D eigenvalue weighted by Crippen LogP contribution is -1.91. The third-order valence-electron chi connectivity index (χ3n) is 11.3. The Morgan fingerprint density at radius 3 is 0.630 bits per heavy atom. The van der Waals surface area contributed by atoms with Crippen LogP contribution in [0.2, 0.25) is 0 Å². The summed E-state index contributed by atoms with van der Waals surface area (Å²) in [4.78, 5) is 0. The third kappa shape index (κ3) is 21.5. The van der Waals surface area contributed by atoms with Gasteiger partial charge in [-0.05, 0) is 94.6 Å². The Labute approximate surface area is 507 Å². The van der Waals surface area contributed by atoms with E-state index in [1.807, 2.05) is 194 Å². The maximum Gasteiger partial charge on any atom is 0.0289 e. The molecule has 0 fully saturated rings. The van der Waals surface area contributed by atoms with Crippen molar-refractivity contribution in [1.29, 1.82) is 0 Å². The Bertz CT molecular complexity index is 2150. The standard InChI is InChI=1S/C36H36S12.C19H22S6/c1-25-2-27-3-26(1)14-38-40-17-29-5-31-9-33(7-29)22-46-48-24-36-11-34(18-42-41-15-27)10-35(12-36)23-47-45-21-32-6-28(16-39-37-13-25)4-30(8-32)19-43-44-20-31;1-2-20-21-12-17-7-18-9-19(8-17)14-25-23-11-16-5-3-4-15(6-16)10-22-24-13-18/h1-12H,13-24H2;3-9H,2,10-14H2,1H3. The van der Waals surface area contributed by atoms with Crippen molar-refractivity contribution in [3.63, 3.8) is 0 Å². The fourth-order valence-electron chi connectivity index (χ4n) is 8.20. The Morgan fingerprint density at radius 1 is 0.247 bits per heavy atom. The summed E-state index contributed by atoms with van der Waals surface area (Å²) in [5.41, 5.74) is 24.9. The molecule has 0 N–H and O–H groups in total. The number of rotatable bonds is 4. The highest BCUT2D eigenvalue weighted by Gasteiger charge is 2.13. The average Bonchev–Trinajstić information content (AvgIpc) is 3.39. The monoisotopic (exact) mass is 1290 g/mol. The molecule has 0 saturated carbocycles. The van der Waals surface area contributed by atoms with E-state index in [1.54, 1.807) is 0 Å². The number of fused-ring (bicyclic) bond motifs is 22. The van der Waals surface area contributed by atoms with E-state index in [-0.39, 0.29) is 0 Å². The quantitative estimate of drug-likeness (QED) is 0.121. The van der Waals surface area contributed by atoms with Crippen molar-refractivity contribution in [3.05, 3.63) is 210 Å². The zero-order valence-corrected chi connectivity index (χ0v) is 55.2. The van der Waals surface area contributed by atoms with Gasteiger partial charge in [0.25, 0.3) is 0 Å². The highest BCUT2D eigenvalue weighted by atomic mass is 33.1. The maximum atomic E-state index is 2.47.